The number of amides is 2. The minimum atomic E-state index is -0.543. The van der Waals surface area contributed by atoms with Crippen molar-refractivity contribution in [1.29, 1.82) is 0 Å². The monoisotopic (exact) mass is 430 g/mol. The lowest BCUT2D eigenvalue weighted by Gasteiger charge is -2.23. The van der Waals surface area contributed by atoms with Gasteiger partial charge >= 0.3 is 5.97 Å². The fraction of sp³-hybridized carbons (Fsp3) is 0.542. The summed E-state index contributed by atoms with van der Waals surface area (Å²) in [5.41, 5.74) is 1.02. The average molecular weight is 431 g/mol. The lowest BCUT2D eigenvalue weighted by atomic mass is 9.97. The molecule has 0 saturated heterocycles. The van der Waals surface area contributed by atoms with E-state index in [0.717, 1.165) is 24.8 Å². The smallest absolute Gasteiger partial charge is 0.305 e. The molecule has 1 aliphatic heterocycles. The van der Waals surface area contributed by atoms with Crippen LogP contribution in [0.5, 0.6) is 0 Å². The van der Waals surface area contributed by atoms with Gasteiger partial charge in [-0.2, -0.15) is 0 Å². The van der Waals surface area contributed by atoms with Crippen molar-refractivity contribution in [3.63, 3.8) is 0 Å². The van der Waals surface area contributed by atoms with Gasteiger partial charge in [-0.05, 0) is 44.6 Å². The number of aliphatic hydroxyl groups is 1. The highest BCUT2D eigenvalue weighted by Gasteiger charge is 2.25. The Morgan fingerprint density at radius 2 is 2.00 bits per heavy atom. The van der Waals surface area contributed by atoms with Crippen molar-refractivity contribution in [1.82, 2.24) is 10.6 Å². The lowest BCUT2D eigenvalue weighted by Crippen LogP contribution is -2.45. The molecule has 3 atom stereocenters. The highest BCUT2D eigenvalue weighted by atomic mass is 16.5. The number of esters is 1. The summed E-state index contributed by atoms with van der Waals surface area (Å²) in [6.45, 7) is 1.64. The first-order valence-corrected chi connectivity index (χ1v) is 11.0. The molecule has 7 nitrogen and oxygen atoms in total. The molecule has 1 aliphatic rings. The van der Waals surface area contributed by atoms with Crippen molar-refractivity contribution < 1.29 is 24.2 Å². The number of hydrogen-bond donors (Lipinski definition) is 3. The largest absolute Gasteiger partial charge is 0.463 e. The van der Waals surface area contributed by atoms with E-state index in [1.807, 2.05) is 42.5 Å². The van der Waals surface area contributed by atoms with Crippen LogP contribution in [0.1, 0.15) is 51.0 Å². The third kappa shape index (κ3) is 9.79. The highest BCUT2D eigenvalue weighted by molar-refractivity contribution is 5.86. The maximum Gasteiger partial charge on any atom is 0.305 e. The van der Waals surface area contributed by atoms with Gasteiger partial charge < -0.3 is 20.5 Å². The Morgan fingerprint density at radius 3 is 2.74 bits per heavy atom. The van der Waals surface area contributed by atoms with Gasteiger partial charge in [-0.25, -0.2) is 0 Å². The first kappa shape index (κ1) is 24.6. The summed E-state index contributed by atoms with van der Waals surface area (Å²) in [6.07, 6.45) is 7.72. The van der Waals surface area contributed by atoms with Gasteiger partial charge in [-0.15, -0.1) is 0 Å². The second kappa shape index (κ2) is 13.6. The average Bonchev–Trinajstić information content (AvgIpc) is 2.75. The molecule has 1 heterocycles. The van der Waals surface area contributed by atoms with Crippen LogP contribution in [0.3, 0.4) is 0 Å². The van der Waals surface area contributed by atoms with E-state index in [2.05, 4.69) is 10.6 Å². The third-order valence-corrected chi connectivity index (χ3v) is 5.19. The molecule has 0 radical (unpaired) electrons. The standard InChI is InChI=1S/C24H34N2O5/c1-18(16-27)25-22(28)15-20-12-8-3-2-4-9-13-23(29)31-17-21(26-24(20)30)14-19-10-6-5-7-11-19/h3,5-8,10-11,18,20-21,27H,2,4,9,12-17H2,1H3,(H,25,28)(H,26,30)/t18-,20+,21-/m0/s1. The Bertz CT molecular complexity index is 735. The summed E-state index contributed by atoms with van der Waals surface area (Å²) < 4.78 is 5.42. The number of rotatable bonds is 6. The second-order valence-corrected chi connectivity index (χ2v) is 8.08. The number of cyclic esters (lactones) is 1. The van der Waals surface area contributed by atoms with Crippen LogP contribution in [0, 0.1) is 5.92 Å². The molecule has 3 N–H and O–H groups in total. The van der Waals surface area contributed by atoms with Crippen molar-refractivity contribution >= 4 is 17.8 Å². The van der Waals surface area contributed by atoms with E-state index >= 15 is 0 Å². The molecular formula is C24H34N2O5. The molecule has 0 aliphatic carbocycles. The Labute approximate surface area is 184 Å². The number of aliphatic hydroxyl groups excluding tert-OH is 1. The molecule has 0 unspecified atom stereocenters. The molecule has 31 heavy (non-hydrogen) atoms. The fourth-order valence-corrected chi connectivity index (χ4v) is 3.43. The van der Waals surface area contributed by atoms with Crippen LogP contribution in [0.4, 0.5) is 0 Å². The molecule has 0 fully saturated rings. The van der Waals surface area contributed by atoms with Crippen molar-refractivity contribution in [2.45, 2.75) is 64.0 Å². The maximum atomic E-state index is 13.0. The normalized spacial score (nSPS) is 22.0. The molecule has 2 rings (SSSR count). The maximum absolute atomic E-state index is 13.0. The minimum Gasteiger partial charge on any atom is -0.463 e. The van der Waals surface area contributed by atoms with Crippen LogP contribution >= 0.6 is 0 Å². The topological polar surface area (TPSA) is 105 Å². The molecule has 1 aromatic carbocycles. The molecule has 170 valence electrons. The van der Waals surface area contributed by atoms with Gasteiger partial charge in [0.15, 0.2) is 0 Å². The fourth-order valence-electron chi connectivity index (χ4n) is 3.43. The van der Waals surface area contributed by atoms with Gasteiger partial charge in [0.25, 0.3) is 0 Å². The zero-order chi connectivity index (χ0) is 22.5. The van der Waals surface area contributed by atoms with Crippen LogP contribution in [0.2, 0.25) is 0 Å². The first-order valence-electron chi connectivity index (χ1n) is 11.0. The molecule has 0 aromatic heterocycles. The van der Waals surface area contributed by atoms with Gasteiger partial charge in [0.1, 0.15) is 6.61 Å². The number of hydrogen-bond acceptors (Lipinski definition) is 5. The van der Waals surface area contributed by atoms with E-state index in [0.29, 0.717) is 19.3 Å². The quantitative estimate of drug-likeness (QED) is 0.474. The van der Waals surface area contributed by atoms with E-state index < -0.39 is 5.92 Å². The third-order valence-electron chi connectivity index (χ3n) is 5.19. The zero-order valence-corrected chi connectivity index (χ0v) is 18.2. The molecule has 0 spiro atoms. The Balaban J connectivity index is 2.12. The highest BCUT2D eigenvalue weighted by Crippen LogP contribution is 2.14. The molecule has 7 heteroatoms. The van der Waals surface area contributed by atoms with Crippen molar-refractivity contribution in [2.75, 3.05) is 13.2 Å². The minimum absolute atomic E-state index is 0.0261. The van der Waals surface area contributed by atoms with E-state index in [1.54, 1.807) is 6.92 Å². The number of ether oxygens (including phenoxy) is 1. The van der Waals surface area contributed by atoms with Gasteiger partial charge in [-0.1, -0.05) is 42.5 Å². The summed E-state index contributed by atoms with van der Waals surface area (Å²) >= 11 is 0. The van der Waals surface area contributed by atoms with Crippen molar-refractivity contribution in [3.8, 4) is 0 Å². The number of carbonyl (C=O) groups excluding carboxylic acids is 3. The number of benzene rings is 1. The molecule has 1 aromatic rings. The summed E-state index contributed by atoms with van der Waals surface area (Å²) in [4.78, 5) is 37.4. The Hall–Kier alpha value is -2.67. The summed E-state index contributed by atoms with van der Waals surface area (Å²) in [5, 5.41) is 14.8. The van der Waals surface area contributed by atoms with Crippen molar-refractivity contribution in [3.05, 3.63) is 48.0 Å². The molecule has 0 saturated carbocycles. The predicted octanol–water partition coefficient (Wildman–Crippen LogP) is 2.28. The van der Waals surface area contributed by atoms with E-state index in [9.17, 15) is 14.4 Å². The molecule has 0 bridgehead atoms. The number of nitrogens with one attached hydrogen (secondary N) is 2. The van der Waals surface area contributed by atoms with Crippen LogP contribution < -0.4 is 10.6 Å². The lowest BCUT2D eigenvalue weighted by molar-refractivity contribution is -0.145. The second-order valence-electron chi connectivity index (χ2n) is 8.08. The van der Waals surface area contributed by atoms with Gasteiger partial charge in [0, 0.05) is 18.9 Å². The van der Waals surface area contributed by atoms with Gasteiger partial charge in [0.05, 0.1) is 18.6 Å². The van der Waals surface area contributed by atoms with Crippen LogP contribution in [0.25, 0.3) is 0 Å². The Morgan fingerprint density at radius 1 is 1.23 bits per heavy atom. The first-order chi connectivity index (χ1) is 15.0. The van der Waals surface area contributed by atoms with Gasteiger partial charge in [0.2, 0.25) is 11.8 Å². The summed E-state index contributed by atoms with van der Waals surface area (Å²) in [6, 6.07) is 8.94. The predicted molar refractivity (Wildman–Crippen MR) is 118 cm³/mol. The Kier molecular flexibility index (Phi) is 10.8. The summed E-state index contributed by atoms with van der Waals surface area (Å²) in [7, 11) is 0. The SMILES string of the molecule is C[C@@H](CO)NC(=O)C[C@H]1CC=CCCCCC(=O)OC[C@H](Cc2ccccc2)NC1=O. The van der Waals surface area contributed by atoms with E-state index in [1.165, 1.54) is 0 Å². The number of carbonyl (C=O) groups is 3. The zero-order valence-electron chi connectivity index (χ0n) is 18.2. The van der Waals surface area contributed by atoms with Crippen LogP contribution in [-0.2, 0) is 25.5 Å². The van der Waals surface area contributed by atoms with E-state index in [4.69, 9.17) is 9.84 Å². The molecule has 2 amide bonds. The van der Waals surface area contributed by atoms with Gasteiger partial charge in [-0.3, -0.25) is 14.4 Å². The summed E-state index contributed by atoms with van der Waals surface area (Å²) in [5.74, 6) is -1.32. The van der Waals surface area contributed by atoms with Crippen LogP contribution in [-0.4, -0.2) is 48.2 Å². The van der Waals surface area contributed by atoms with E-state index in [-0.39, 0.29) is 49.5 Å². The van der Waals surface area contributed by atoms with Crippen LogP contribution in [0.15, 0.2) is 42.5 Å². The number of allylic oxidation sites excluding steroid dienone is 2. The molecular weight excluding hydrogens is 396 g/mol. The van der Waals surface area contributed by atoms with Crippen molar-refractivity contribution in [2.24, 2.45) is 5.92 Å².